The lowest BCUT2D eigenvalue weighted by atomic mass is 10.1. The van der Waals surface area contributed by atoms with E-state index in [1.807, 2.05) is 19.3 Å². The first-order chi connectivity index (χ1) is 10.5. The van der Waals surface area contributed by atoms with Crippen LogP contribution in [0.2, 0.25) is 0 Å². The SMILES string of the molecule is Cn1cc(-c2cccc(S(=O)(=O)c3cnc(CN)s3)c2)cn1. The fraction of sp³-hybridized carbons (Fsp3) is 0.143. The van der Waals surface area contributed by atoms with Crippen molar-refractivity contribution in [2.45, 2.75) is 15.6 Å². The number of thiazole rings is 1. The molecular formula is C14H14N4O2S2. The van der Waals surface area contributed by atoms with E-state index < -0.39 is 9.84 Å². The molecular weight excluding hydrogens is 320 g/mol. The molecule has 0 saturated heterocycles. The first-order valence-electron chi connectivity index (χ1n) is 6.49. The first kappa shape index (κ1) is 14.9. The van der Waals surface area contributed by atoms with Gasteiger partial charge in [-0.3, -0.25) is 4.68 Å². The topological polar surface area (TPSA) is 90.9 Å². The van der Waals surface area contributed by atoms with E-state index in [0.29, 0.717) is 5.01 Å². The fourth-order valence-electron chi connectivity index (χ4n) is 2.04. The summed E-state index contributed by atoms with van der Waals surface area (Å²) < 4.78 is 27.2. The summed E-state index contributed by atoms with van der Waals surface area (Å²) >= 11 is 1.10. The molecule has 6 nitrogen and oxygen atoms in total. The van der Waals surface area contributed by atoms with E-state index in [-0.39, 0.29) is 15.6 Å². The van der Waals surface area contributed by atoms with Gasteiger partial charge < -0.3 is 5.73 Å². The maximum absolute atomic E-state index is 12.7. The second-order valence-corrected chi connectivity index (χ2v) is 8.00. The molecule has 0 saturated carbocycles. The summed E-state index contributed by atoms with van der Waals surface area (Å²) in [6, 6.07) is 6.80. The highest BCUT2D eigenvalue weighted by molar-refractivity contribution is 7.93. The predicted molar refractivity (Wildman–Crippen MR) is 84.1 cm³/mol. The third-order valence-corrected chi connectivity index (χ3v) is 6.39. The van der Waals surface area contributed by atoms with Gasteiger partial charge in [-0.1, -0.05) is 12.1 Å². The van der Waals surface area contributed by atoms with Crippen LogP contribution in [0.1, 0.15) is 5.01 Å². The predicted octanol–water partition coefficient (Wildman–Crippen LogP) is 1.84. The van der Waals surface area contributed by atoms with Gasteiger partial charge in [0.05, 0.1) is 17.3 Å². The van der Waals surface area contributed by atoms with Crippen molar-refractivity contribution in [1.82, 2.24) is 14.8 Å². The fourth-order valence-corrected chi connectivity index (χ4v) is 4.55. The zero-order valence-electron chi connectivity index (χ0n) is 11.8. The Bertz CT molecular complexity index is 912. The Morgan fingerprint density at radius 1 is 1.27 bits per heavy atom. The van der Waals surface area contributed by atoms with E-state index in [2.05, 4.69) is 10.1 Å². The number of aromatic nitrogens is 3. The van der Waals surface area contributed by atoms with Crippen molar-refractivity contribution < 1.29 is 8.42 Å². The molecule has 0 amide bonds. The monoisotopic (exact) mass is 334 g/mol. The molecule has 0 radical (unpaired) electrons. The van der Waals surface area contributed by atoms with Crippen LogP contribution in [0.5, 0.6) is 0 Å². The molecule has 0 spiro atoms. The Morgan fingerprint density at radius 3 is 2.73 bits per heavy atom. The molecule has 0 unspecified atom stereocenters. The lowest BCUT2D eigenvalue weighted by molar-refractivity contribution is 0.598. The molecule has 2 aromatic heterocycles. The maximum atomic E-state index is 12.7. The third kappa shape index (κ3) is 2.68. The Labute approximate surface area is 132 Å². The van der Waals surface area contributed by atoms with Crippen LogP contribution in [0.4, 0.5) is 0 Å². The third-order valence-electron chi connectivity index (χ3n) is 3.15. The summed E-state index contributed by atoms with van der Waals surface area (Å²) in [7, 11) is -1.76. The van der Waals surface area contributed by atoms with Gasteiger partial charge in [0.25, 0.3) is 0 Å². The van der Waals surface area contributed by atoms with Gasteiger partial charge in [0.15, 0.2) is 0 Å². The minimum Gasteiger partial charge on any atom is -0.325 e. The number of nitrogens with zero attached hydrogens (tertiary/aromatic N) is 3. The average Bonchev–Trinajstić information content (AvgIpc) is 3.16. The highest BCUT2D eigenvalue weighted by atomic mass is 32.2. The molecule has 2 heterocycles. The Morgan fingerprint density at radius 2 is 2.09 bits per heavy atom. The summed E-state index contributed by atoms with van der Waals surface area (Å²) in [5.74, 6) is 0. The van der Waals surface area contributed by atoms with Crippen molar-refractivity contribution in [3.05, 3.63) is 47.9 Å². The van der Waals surface area contributed by atoms with Crippen LogP contribution < -0.4 is 5.73 Å². The molecule has 3 aromatic rings. The summed E-state index contributed by atoms with van der Waals surface area (Å²) in [5.41, 5.74) is 7.16. The number of benzene rings is 1. The Balaban J connectivity index is 2.04. The van der Waals surface area contributed by atoms with Crippen LogP contribution in [0.3, 0.4) is 0 Å². The smallest absolute Gasteiger partial charge is 0.217 e. The molecule has 0 aliphatic rings. The minimum atomic E-state index is -3.58. The van der Waals surface area contributed by atoms with Crippen molar-refractivity contribution in [3.63, 3.8) is 0 Å². The van der Waals surface area contributed by atoms with E-state index in [1.54, 1.807) is 29.1 Å². The van der Waals surface area contributed by atoms with Crippen LogP contribution in [0.15, 0.2) is 52.0 Å². The summed E-state index contributed by atoms with van der Waals surface area (Å²) in [6.45, 7) is 0.232. The van der Waals surface area contributed by atoms with E-state index in [0.717, 1.165) is 22.5 Å². The standard InChI is InChI=1S/C14H14N4O2S2/c1-18-9-11(7-17-18)10-3-2-4-12(5-10)22(19,20)14-8-16-13(6-15)21-14/h2-5,7-9H,6,15H2,1H3. The van der Waals surface area contributed by atoms with Gasteiger partial charge in [-0.2, -0.15) is 5.10 Å². The van der Waals surface area contributed by atoms with E-state index in [9.17, 15) is 8.42 Å². The number of nitrogens with two attached hydrogens (primary N) is 1. The van der Waals surface area contributed by atoms with Gasteiger partial charge in [0.2, 0.25) is 9.84 Å². The van der Waals surface area contributed by atoms with Gasteiger partial charge in [0, 0.05) is 25.4 Å². The molecule has 0 bridgehead atoms. The molecule has 0 atom stereocenters. The number of aryl methyl sites for hydroxylation is 1. The largest absolute Gasteiger partial charge is 0.325 e. The normalized spacial score (nSPS) is 11.7. The van der Waals surface area contributed by atoms with Gasteiger partial charge in [-0.05, 0) is 17.7 Å². The van der Waals surface area contributed by atoms with Gasteiger partial charge >= 0.3 is 0 Å². The van der Waals surface area contributed by atoms with Crippen LogP contribution in [-0.2, 0) is 23.4 Å². The van der Waals surface area contributed by atoms with Crippen LogP contribution in [-0.4, -0.2) is 23.2 Å². The van der Waals surface area contributed by atoms with Crippen LogP contribution in [0.25, 0.3) is 11.1 Å². The zero-order chi connectivity index (χ0) is 15.7. The second-order valence-electron chi connectivity index (χ2n) is 4.71. The maximum Gasteiger partial charge on any atom is 0.217 e. The van der Waals surface area contributed by atoms with E-state index in [4.69, 9.17) is 5.73 Å². The van der Waals surface area contributed by atoms with Gasteiger partial charge in [0.1, 0.15) is 9.22 Å². The Hall–Kier alpha value is -2.03. The number of hydrogen-bond donors (Lipinski definition) is 1. The highest BCUT2D eigenvalue weighted by Crippen LogP contribution is 2.29. The van der Waals surface area contributed by atoms with Crippen molar-refractivity contribution in [3.8, 4) is 11.1 Å². The molecule has 2 N–H and O–H groups in total. The van der Waals surface area contributed by atoms with Crippen molar-refractivity contribution in [2.75, 3.05) is 0 Å². The highest BCUT2D eigenvalue weighted by Gasteiger charge is 2.21. The van der Waals surface area contributed by atoms with E-state index in [1.165, 1.54) is 6.20 Å². The summed E-state index contributed by atoms with van der Waals surface area (Å²) in [6.07, 6.45) is 4.90. The number of hydrogen-bond acceptors (Lipinski definition) is 6. The Kier molecular flexibility index (Phi) is 3.81. The van der Waals surface area contributed by atoms with Crippen molar-refractivity contribution in [2.24, 2.45) is 12.8 Å². The average molecular weight is 334 g/mol. The minimum absolute atomic E-state index is 0.205. The molecule has 8 heteroatoms. The quantitative estimate of drug-likeness (QED) is 0.786. The summed E-state index contributed by atoms with van der Waals surface area (Å²) in [4.78, 5) is 4.25. The van der Waals surface area contributed by atoms with E-state index >= 15 is 0 Å². The second kappa shape index (κ2) is 5.64. The molecule has 0 aliphatic carbocycles. The molecule has 114 valence electrons. The molecule has 1 aromatic carbocycles. The molecule has 0 aliphatic heterocycles. The molecule has 0 fully saturated rings. The number of sulfone groups is 1. The van der Waals surface area contributed by atoms with Crippen LogP contribution >= 0.6 is 11.3 Å². The zero-order valence-corrected chi connectivity index (χ0v) is 13.4. The van der Waals surface area contributed by atoms with Crippen molar-refractivity contribution in [1.29, 1.82) is 0 Å². The van der Waals surface area contributed by atoms with Crippen molar-refractivity contribution >= 4 is 21.2 Å². The molecule has 22 heavy (non-hydrogen) atoms. The first-order valence-corrected chi connectivity index (χ1v) is 8.79. The number of rotatable bonds is 4. The molecule has 3 rings (SSSR count). The van der Waals surface area contributed by atoms with Gasteiger partial charge in [-0.15, -0.1) is 11.3 Å². The lowest BCUT2D eigenvalue weighted by Gasteiger charge is -2.04. The lowest BCUT2D eigenvalue weighted by Crippen LogP contribution is -1.99. The summed E-state index contributed by atoms with van der Waals surface area (Å²) in [5, 5.41) is 4.70. The van der Waals surface area contributed by atoms with Gasteiger partial charge in [-0.25, -0.2) is 13.4 Å². The van der Waals surface area contributed by atoms with Crippen LogP contribution in [0, 0.1) is 0 Å².